The lowest BCUT2D eigenvalue weighted by atomic mass is 9.68. The fourth-order valence-electron chi connectivity index (χ4n) is 5.31. The molecule has 1 aromatic carbocycles. The SMILES string of the molecule is CC1=C(C(=O)OC2CCCCC2)[C@@H](c2ccccc2[N+](=O)[O-])C2=C(CC(C)(C)CC2=O)N1. The van der Waals surface area contributed by atoms with Gasteiger partial charge < -0.3 is 10.1 Å². The Balaban J connectivity index is 1.82. The summed E-state index contributed by atoms with van der Waals surface area (Å²) in [7, 11) is 0. The number of nitrogens with zero attached hydrogens (tertiary/aromatic N) is 1. The predicted octanol–water partition coefficient (Wildman–Crippen LogP) is 5.07. The Labute approximate surface area is 188 Å². The van der Waals surface area contributed by atoms with Gasteiger partial charge in [-0.15, -0.1) is 0 Å². The minimum Gasteiger partial charge on any atom is -0.459 e. The number of dihydropyridines is 1. The second-order valence-electron chi connectivity index (χ2n) is 9.91. The Morgan fingerprint density at radius 1 is 1.16 bits per heavy atom. The number of benzene rings is 1. The van der Waals surface area contributed by atoms with Crippen molar-refractivity contribution in [2.75, 3.05) is 0 Å². The van der Waals surface area contributed by atoms with Crippen molar-refractivity contribution in [2.45, 2.75) is 77.7 Å². The third-order valence-corrected chi connectivity index (χ3v) is 6.73. The van der Waals surface area contributed by atoms with E-state index in [0.29, 0.717) is 35.2 Å². The van der Waals surface area contributed by atoms with E-state index in [1.165, 1.54) is 6.07 Å². The fraction of sp³-hybridized carbons (Fsp3) is 0.520. The second-order valence-corrected chi connectivity index (χ2v) is 9.91. The first kappa shape index (κ1) is 22.2. The number of ketones is 1. The average molecular weight is 439 g/mol. The number of hydrogen-bond acceptors (Lipinski definition) is 6. The van der Waals surface area contributed by atoms with Crippen molar-refractivity contribution in [3.63, 3.8) is 0 Å². The van der Waals surface area contributed by atoms with Crippen LogP contribution in [0.2, 0.25) is 0 Å². The van der Waals surface area contributed by atoms with Crippen molar-refractivity contribution in [1.29, 1.82) is 0 Å². The van der Waals surface area contributed by atoms with Gasteiger partial charge in [0.25, 0.3) is 5.69 Å². The maximum atomic E-state index is 13.4. The number of esters is 1. The molecule has 0 radical (unpaired) electrons. The van der Waals surface area contributed by atoms with E-state index in [2.05, 4.69) is 5.32 Å². The largest absolute Gasteiger partial charge is 0.459 e. The van der Waals surface area contributed by atoms with Crippen LogP contribution in [-0.4, -0.2) is 22.8 Å². The highest BCUT2D eigenvalue weighted by atomic mass is 16.6. The van der Waals surface area contributed by atoms with Crippen LogP contribution in [0, 0.1) is 15.5 Å². The van der Waals surface area contributed by atoms with Crippen molar-refractivity contribution in [1.82, 2.24) is 5.32 Å². The van der Waals surface area contributed by atoms with Crippen LogP contribution in [0.25, 0.3) is 0 Å². The molecule has 1 fully saturated rings. The number of para-hydroxylation sites is 1. The van der Waals surface area contributed by atoms with Crippen LogP contribution in [0.5, 0.6) is 0 Å². The number of Topliss-reactive ketones (excluding diaryl/α,β-unsaturated/α-hetero) is 1. The smallest absolute Gasteiger partial charge is 0.337 e. The summed E-state index contributed by atoms with van der Waals surface area (Å²) in [6.07, 6.45) is 5.62. The van der Waals surface area contributed by atoms with Gasteiger partial charge in [-0.2, -0.15) is 0 Å². The highest BCUT2D eigenvalue weighted by molar-refractivity contribution is 6.04. The zero-order valence-corrected chi connectivity index (χ0v) is 18.9. The number of hydrogen-bond donors (Lipinski definition) is 1. The Kier molecular flexibility index (Phi) is 5.93. The average Bonchev–Trinajstić information content (AvgIpc) is 2.72. The number of carbonyl (C=O) groups is 2. The standard InChI is InChI=1S/C25H30N2O5/c1-15-21(24(29)32-16-9-5-4-6-10-16)22(17-11-7-8-12-19(17)27(30)31)23-18(26-15)13-25(2,3)14-20(23)28/h7-8,11-12,16,22,26H,4-6,9-10,13-14H2,1-3H3/t22-/m1/s1. The van der Waals surface area contributed by atoms with Gasteiger partial charge >= 0.3 is 5.97 Å². The molecule has 3 aliphatic rings. The minimum absolute atomic E-state index is 0.0811. The monoisotopic (exact) mass is 438 g/mol. The van der Waals surface area contributed by atoms with Crippen molar-refractivity contribution in [3.05, 3.63) is 62.5 Å². The zero-order valence-electron chi connectivity index (χ0n) is 18.9. The summed E-state index contributed by atoms with van der Waals surface area (Å²) in [5.41, 5.74) is 2.14. The molecule has 0 aromatic heterocycles. The van der Waals surface area contributed by atoms with E-state index in [4.69, 9.17) is 4.74 Å². The third-order valence-electron chi connectivity index (χ3n) is 6.73. The zero-order chi connectivity index (χ0) is 23.0. The first-order valence-electron chi connectivity index (χ1n) is 11.4. The van der Waals surface area contributed by atoms with Crippen molar-refractivity contribution < 1.29 is 19.2 Å². The van der Waals surface area contributed by atoms with E-state index < -0.39 is 16.8 Å². The highest BCUT2D eigenvalue weighted by Gasteiger charge is 2.45. The Bertz CT molecular complexity index is 1030. The summed E-state index contributed by atoms with van der Waals surface area (Å²) in [5, 5.41) is 15.1. The Morgan fingerprint density at radius 2 is 1.84 bits per heavy atom. The first-order chi connectivity index (χ1) is 15.2. The van der Waals surface area contributed by atoms with Crippen molar-refractivity contribution in [2.24, 2.45) is 5.41 Å². The molecule has 1 aliphatic heterocycles. The number of nitro groups is 1. The number of rotatable bonds is 4. The minimum atomic E-state index is -0.812. The molecule has 0 bridgehead atoms. The topological polar surface area (TPSA) is 98.5 Å². The molecule has 0 unspecified atom stereocenters. The highest BCUT2D eigenvalue weighted by Crippen LogP contribution is 2.48. The molecular formula is C25H30N2O5. The molecular weight excluding hydrogens is 408 g/mol. The summed E-state index contributed by atoms with van der Waals surface area (Å²) in [6, 6.07) is 6.38. The fourth-order valence-corrected chi connectivity index (χ4v) is 5.31. The van der Waals surface area contributed by atoms with Crippen LogP contribution < -0.4 is 5.32 Å². The lowest BCUT2D eigenvalue weighted by Gasteiger charge is -2.39. The van der Waals surface area contributed by atoms with Crippen LogP contribution in [0.15, 0.2) is 46.8 Å². The van der Waals surface area contributed by atoms with Crippen molar-refractivity contribution >= 4 is 17.4 Å². The molecule has 1 N–H and O–H groups in total. The molecule has 1 atom stereocenters. The summed E-state index contributed by atoms with van der Waals surface area (Å²) in [6.45, 7) is 5.85. The number of carbonyl (C=O) groups excluding carboxylic acids is 2. The maximum Gasteiger partial charge on any atom is 0.337 e. The molecule has 1 aromatic rings. The van der Waals surface area contributed by atoms with E-state index in [9.17, 15) is 19.7 Å². The molecule has 0 amide bonds. The number of nitrogens with one attached hydrogen (secondary N) is 1. The summed E-state index contributed by atoms with van der Waals surface area (Å²) < 4.78 is 5.87. The Hall–Kier alpha value is -2.96. The molecule has 0 spiro atoms. The molecule has 2 aliphatic carbocycles. The summed E-state index contributed by atoms with van der Waals surface area (Å²) >= 11 is 0. The third kappa shape index (κ3) is 4.20. The molecule has 170 valence electrons. The van der Waals surface area contributed by atoms with E-state index in [0.717, 1.165) is 37.8 Å². The molecule has 1 saturated carbocycles. The Morgan fingerprint density at radius 3 is 2.53 bits per heavy atom. The van der Waals surface area contributed by atoms with Crippen LogP contribution in [-0.2, 0) is 14.3 Å². The molecule has 0 saturated heterocycles. The van der Waals surface area contributed by atoms with E-state index in [1.807, 2.05) is 13.8 Å². The van der Waals surface area contributed by atoms with Gasteiger partial charge in [0.1, 0.15) is 6.10 Å². The molecule has 1 heterocycles. The first-order valence-corrected chi connectivity index (χ1v) is 11.4. The quantitative estimate of drug-likeness (QED) is 0.400. The second kappa shape index (κ2) is 8.52. The molecule has 7 heteroatoms. The van der Waals surface area contributed by atoms with Crippen LogP contribution >= 0.6 is 0 Å². The normalized spacial score (nSPS) is 23.5. The van der Waals surface area contributed by atoms with E-state index in [-0.39, 0.29) is 23.0 Å². The van der Waals surface area contributed by atoms with Crippen LogP contribution in [0.3, 0.4) is 0 Å². The summed E-state index contributed by atoms with van der Waals surface area (Å²) in [5.74, 6) is -1.39. The van der Waals surface area contributed by atoms with Crippen LogP contribution in [0.1, 0.15) is 77.2 Å². The maximum absolute atomic E-state index is 13.4. The van der Waals surface area contributed by atoms with E-state index in [1.54, 1.807) is 25.1 Å². The molecule has 4 rings (SSSR count). The van der Waals surface area contributed by atoms with Gasteiger partial charge in [-0.25, -0.2) is 4.79 Å². The van der Waals surface area contributed by atoms with Gasteiger partial charge in [0, 0.05) is 35.0 Å². The lowest BCUT2D eigenvalue weighted by molar-refractivity contribution is -0.385. The van der Waals surface area contributed by atoms with Gasteiger partial charge in [0.05, 0.1) is 16.4 Å². The molecule has 7 nitrogen and oxygen atoms in total. The number of nitro benzene ring substituents is 1. The predicted molar refractivity (Wildman–Crippen MR) is 120 cm³/mol. The summed E-state index contributed by atoms with van der Waals surface area (Å²) in [4.78, 5) is 38.1. The lowest BCUT2D eigenvalue weighted by Crippen LogP contribution is -2.39. The van der Waals surface area contributed by atoms with Gasteiger partial charge in [-0.05, 0) is 44.4 Å². The molecule has 32 heavy (non-hydrogen) atoms. The van der Waals surface area contributed by atoms with Gasteiger partial charge in [0.2, 0.25) is 0 Å². The number of allylic oxidation sites excluding steroid dienone is 3. The van der Waals surface area contributed by atoms with Gasteiger partial charge in [-0.3, -0.25) is 14.9 Å². The van der Waals surface area contributed by atoms with Crippen molar-refractivity contribution in [3.8, 4) is 0 Å². The van der Waals surface area contributed by atoms with Gasteiger partial charge in [-0.1, -0.05) is 38.5 Å². The van der Waals surface area contributed by atoms with Crippen LogP contribution in [0.4, 0.5) is 5.69 Å². The van der Waals surface area contributed by atoms with E-state index >= 15 is 0 Å². The number of ether oxygens (including phenoxy) is 1. The van der Waals surface area contributed by atoms with Gasteiger partial charge in [0.15, 0.2) is 5.78 Å².